The lowest BCUT2D eigenvalue weighted by Crippen LogP contribution is -2.37. The molecular formula is C27H26N2O5. The highest BCUT2D eigenvalue weighted by Crippen LogP contribution is 2.50. The molecular weight excluding hydrogens is 432 g/mol. The van der Waals surface area contributed by atoms with Crippen molar-refractivity contribution in [3.63, 3.8) is 0 Å². The van der Waals surface area contributed by atoms with Crippen LogP contribution in [-0.4, -0.2) is 32.1 Å². The third-order valence-electron chi connectivity index (χ3n) is 6.52. The van der Waals surface area contributed by atoms with E-state index < -0.39 is 18.1 Å². The summed E-state index contributed by atoms with van der Waals surface area (Å²) < 4.78 is 11.0. The van der Waals surface area contributed by atoms with Gasteiger partial charge in [0.1, 0.15) is 17.4 Å². The molecule has 0 saturated carbocycles. The maximum Gasteiger partial charge on any atom is 0.266 e. The normalized spacial score (nSPS) is 21.7. The molecule has 0 radical (unpaired) electrons. The minimum Gasteiger partial charge on any atom is -0.497 e. The summed E-state index contributed by atoms with van der Waals surface area (Å²) in [6, 6.07) is 20.0. The molecule has 174 valence electrons. The first-order valence-electron chi connectivity index (χ1n) is 11.1. The zero-order valence-electron chi connectivity index (χ0n) is 19.5. The van der Waals surface area contributed by atoms with Gasteiger partial charge >= 0.3 is 0 Å². The van der Waals surface area contributed by atoms with Crippen LogP contribution in [-0.2, 0) is 14.4 Å². The lowest BCUT2D eigenvalue weighted by Gasteiger charge is -2.30. The number of carbonyl (C=O) groups excluding carboxylic acids is 2. The smallest absolute Gasteiger partial charge is 0.266 e. The molecule has 2 saturated heterocycles. The summed E-state index contributed by atoms with van der Waals surface area (Å²) in [4.78, 5) is 34.8. The van der Waals surface area contributed by atoms with Gasteiger partial charge in [0.15, 0.2) is 6.10 Å². The Bertz CT molecular complexity index is 1260. The Morgan fingerprint density at radius 1 is 0.853 bits per heavy atom. The second-order valence-corrected chi connectivity index (χ2v) is 8.56. The van der Waals surface area contributed by atoms with Crippen molar-refractivity contribution in [2.24, 2.45) is 5.92 Å². The Labute approximate surface area is 198 Å². The number of anilines is 2. The average Bonchev–Trinajstić information content (AvgIpc) is 3.35. The first kappa shape index (κ1) is 22.0. The molecule has 7 nitrogen and oxygen atoms in total. The Morgan fingerprint density at radius 2 is 1.59 bits per heavy atom. The van der Waals surface area contributed by atoms with Gasteiger partial charge in [-0.1, -0.05) is 35.9 Å². The van der Waals surface area contributed by atoms with Gasteiger partial charge in [0.2, 0.25) is 5.91 Å². The first-order chi connectivity index (χ1) is 16.4. The van der Waals surface area contributed by atoms with Crippen molar-refractivity contribution in [3.05, 3.63) is 83.4 Å². The molecule has 0 aliphatic carbocycles. The van der Waals surface area contributed by atoms with Crippen molar-refractivity contribution < 1.29 is 23.9 Å². The first-order valence-corrected chi connectivity index (χ1v) is 11.1. The van der Waals surface area contributed by atoms with Crippen LogP contribution in [0.4, 0.5) is 11.4 Å². The maximum absolute atomic E-state index is 13.8. The van der Waals surface area contributed by atoms with Gasteiger partial charge in [-0.2, -0.15) is 0 Å². The number of ether oxygens (including phenoxy) is 2. The van der Waals surface area contributed by atoms with E-state index in [2.05, 4.69) is 0 Å². The van der Waals surface area contributed by atoms with E-state index in [1.54, 1.807) is 37.5 Å². The molecule has 7 heteroatoms. The quantitative estimate of drug-likeness (QED) is 0.529. The van der Waals surface area contributed by atoms with Crippen molar-refractivity contribution in [3.8, 4) is 11.5 Å². The zero-order valence-corrected chi connectivity index (χ0v) is 19.5. The molecule has 3 atom stereocenters. The number of carbonyl (C=O) groups is 2. The number of benzene rings is 3. The molecule has 0 bridgehead atoms. The Kier molecular flexibility index (Phi) is 5.49. The maximum atomic E-state index is 13.8. The topological polar surface area (TPSA) is 68.3 Å². The summed E-state index contributed by atoms with van der Waals surface area (Å²) in [5, 5.41) is 1.69. The summed E-state index contributed by atoms with van der Waals surface area (Å²) in [5.74, 6) is -0.212. The predicted octanol–water partition coefficient (Wildman–Crippen LogP) is 4.37. The van der Waals surface area contributed by atoms with Crippen molar-refractivity contribution in [2.45, 2.75) is 26.0 Å². The van der Waals surface area contributed by atoms with Gasteiger partial charge in [0.25, 0.3) is 5.91 Å². The summed E-state index contributed by atoms with van der Waals surface area (Å²) in [6.07, 6.45) is -0.940. The van der Waals surface area contributed by atoms with E-state index in [1.807, 2.05) is 62.4 Å². The summed E-state index contributed by atoms with van der Waals surface area (Å²) in [7, 11) is 3.16. The van der Waals surface area contributed by atoms with Crippen LogP contribution in [0, 0.1) is 19.8 Å². The van der Waals surface area contributed by atoms with E-state index in [4.69, 9.17) is 14.3 Å². The lowest BCUT2D eigenvalue weighted by molar-refractivity contribution is -0.126. The highest BCUT2D eigenvalue weighted by atomic mass is 16.7. The number of aryl methyl sites for hydroxylation is 2. The van der Waals surface area contributed by atoms with Crippen LogP contribution in [0.25, 0.3) is 0 Å². The number of rotatable bonds is 5. The fourth-order valence-electron chi connectivity index (χ4n) is 4.76. The van der Waals surface area contributed by atoms with Crippen LogP contribution in [0.2, 0.25) is 0 Å². The molecule has 0 spiro atoms. The predicted molar refractivity (Wildman–Crippen MR) is 128 cm³/mol. The highest BCUT2D eigenvalue weighted by Gasteiger charge is 2.60. The summed E-state index contributed by atoms with van der Waals surface area (Å²) in [5.41, 5.74) is 4.09. The molecule has 2 aliphatic rings. The van der Waals surface area contributed by atoms with Crippen molar-refractivity contribution in [2.75, 3.05) is 24.2 Å². The largest absolute Gasteiger partial charge is 0.497 e. The summed E-state index contributed by atoms with van der Waals surface area (Å²) in [6.45, 7) is 3.93. The van der Waals surface area contributed by atoms with Gasteiger partial charge < -0.3 is 9.47 Å². The van der Waals surface area contributed by atoms with Gasteiger partial charge in [-0.3, -0.25) is 14.4 Å². The van der Waals surface area contributed by atoms with Crippen molar-refractivity contribution in [1.29, 1.82) is 0 Å². The summed E-state index contributed by atoms with van der Waals surface area (Å²) >= 11 is 0. The monoisotopic (exact) mass is 458 g/mol. The molecule has 2 heterocycles. The van der Waals surface area contributed by atoms with Crippen LogP contribution in [0.15, 0.2) is 66.7 Å². The zero-order chi connectivity index (χ0) is 24.0. The second kappa shape index (κ2) is 8.50. The molecule has 34 heavy (non-hydrogen) atoms. The molecule has 0 aromatic heterocycles. The Balaban J connectivity index is 1.64. The van der Waals surface area contributed by atoms with Crippen molar-refractivity contribution >= 4 is 23.2 Å². The average molecular weight is 459 g/mol. The van der Waals surface area contributed by atoms with Gasteiger partial charge in [-0.15, -0.1) is 0 Å². The fourth-order valence-corrected chi connectivity index (χ4v) is 4.76. The standard InChI is InChI=1S/C27H26N2O5/c1-16-9-11-18(12-10-16)28-26(30)23-24(20-14-13-19(32-3)15-22(20)33-4)29(34-25(23)27(28)31)21-8-6-5-7-17(21)2/h5-15,23-25H,1-4H3/t23-,24-,25+/m1/s1. The van der Waals surface area contributed by atoms with Gasteiger partial charge in [-0.25, -0.2) is 9.96 Å². The van der Waals surface area contributed by atoms with E-state index in [0.717, 1.165) is 22.4 Å². The highest BCUT2D eigenvalue weighted by molar-refractivity contribution is 6.24. The van der Waals surface area contributed by atoms with Crippen LogP contribution in [0.1, 0.15) is 22.7 Å². The van der Waals surface area contributed by atoms with Gasteiger partial charge in [-0.05, 0) is 49.7 Å². The molecule has 0 unspecified atom stereocenters. The molecule has 2 amide bonds. The SMILES string of the molecule is COc1ccc([C@@H]2[C@H]3C(=O)N(c4ccc(C)cc4)C(=O)[C@H]3ON2c2ccccc2C)c(OC)c1. The Hall–Kier alpha value is -3.84. The number of imide groups is 1. The third kappa shape index (κ3) is 3.40. The number of para-hydroxylation sites is 1. The minimum atomic E-state index is -0.940. The number of methoxy groups -OCH3 is 2. The van der Waals surface area contributed by atoms with Crippen molar-refractivity contribution in [1.82, 2.24) is 0 Å². The number of amides is 2. The Morgan fingerprint density at radius 3 is 2.26 bits per heavy atom. The number of fused-ring (bicyclic) bond motifs is 1. The van der Waals surface area contributed by atoms with Gasteiger partial charge in [0, 0.05) is 11.6 Å². The third-order valence-corrected chi connectivity index (χ3v) is 6.52. The fraction of sp³-hybridized carbons (Fsp3) is 0.259. The molecule has 5 rings (SSSR count). The molecule has 3 aromatic rings. The number of nitrogens with zero attached hydrogens (tertiary/aromatic N) is 2. The van der Waals surface area contributed by atoms with E-state index in [-0.39, 0.29) is 11.8 Å². The van der Waals surface area contributed by atoms with E-state index in [0.29, 0.717) is 17.2 Å². The molecule has 2 aliphatic heterocycles. The van der Waals surface area contributed by atoms with Gasteiger partial charge in [0.05, 0.1) is 31.6 Å². The van der Waals surface area contributed by atoms with Crippen LogP contribution >= 0.6 is 0 Å². The van der Waals surface area contributed by atoms with E-state index in [1.165, 1.54) is 4.90 Å². The van der Waals surface area contributed by atoms with Crippen LogP contribution < -0.4 is 19.4 Å². The number of hydroxylamine groups is 1. The molecule has 3 aromatic carbocycles. The number of hydrogen-bond acceptors (Lipinski definition) is 6. The second-order valence-electron chi connectivity index (χ2n) is 8.56. The van der Waals surface area contributed by atoms with Crippen LogP contribution in [0.5, 0.6) is 11.5 Å². The number of hydrogen-bond donors (Lipinski definition) is 0. The molecule has 2 fully saturated rings. The van der Waals surface area contributed by atoms with Crippen LogP contribution in [0.3, 0.4) is 0 Å². The van der Waals surface area contributed by atoms with E-state index in [9.17, 15) is 9.59 Å². The molecule has 0 N–H and O–H groups in total. The lowest BCUT2D eigenvalue weighted by atomic mass is 9.89. The minimum absolute atomic E-state index is 0.294. The van der Waals surface area contributed by atoms with E-state index >= 15 is 0 Å².